The summed E-state index contributed by atoms with van der Waals surface area (Å²) in [4.78, 5) is 4.06. The highest BCUT2D eigenvalue weighted by Gasteiger charge is 2.23. The van der Waals surface area contributed by atoms with Crippen LogP contribution in [-0.2, 0) is 5.54 Å². The van der Waals surface area contributed by atoms with E-state index in [4.69, 9.17) is 21.9 Å². The van der Waals surface area contributed by atoms with Crippen molar-refractivity contribution in [3.8, 4) is 11.5 Å². The molecule has 0 aliphatic carbocycles. The summed E-state index contributed by atoms with van der Waals surface area (Å²) in [5.41, 5.74) is 5.28. The number of aromatic nitrogens is 2. The largest absolute Gasteiger partial charge is 0.334 e. The minimum absolute atomic E-state index is 0.0905. The Balaban J connectivity index is 2.44. The van der Waals surface area contributed by atoms with Gasteiger partial charge in [0.2, 0.25) is 0 Å². The number of benzene rings is 1. The predicted molar refractivity (Wildman–Crippen MR) is 61.9 cm³/mol. The Hall–Kier alpha value is -1.46. The van der Waals surface area contributed by atoms with Crippen LogP contribution >= 0.6 is 11.6 Å². The Morgan fingerprint density at radius 1 is 1.41 bits per heavy atom. The monoisotopic (exact) mass is 255 g/mol. The van der Waals surface area contributed by atoms with Crippen molar-refractivity contribution >= 4 is 11.6 Å². The van der Waals surface area contributed by atoms with Crippen molar-refractivity contribution in [2.45, 2.75) is 19.4 Å². The summed E-state index contributed by atoms with van der Waals surface area (Å²) < 4.78 is 18.6. The van der Waals surface area contributed by atoms with Gasteiger partial charge in [0.05, 0.1) is 11.1 Å². The summed E-state index contributed by atoms with van der Waals surface area (Å²) in [6, 6.07) is 4.23. The molecule has 0 fully saturated rings. The highest BCUT2D eigenvalue weighted by molar-refractivity contribution is 6.30. The van der Waals surface area contributed by atoms with Gasteiger partial charge in [0.25, 0.3) is 5.89 Å². The van der Waals surface area contributed by atoms with Crippen LogP contribution in [-0.4, -0.2) is 10.1 Å². The van der Waals surface area contributed by atoms with Crippen LogP contribution in [0, 0.1) is 5.82 Å². The van der Waals surface area contributed by atoms with Gasteiger partial charge in [0, 0.05) is 5.02 Å². The molecule has 0 unspecified atom stereocenters. The summed E-state index contributed by atoms with van der Waals surface area (Å²) in [5, 5.41) is 4.03. The number of nitrogens with two attached hydrogens (primary N) is 1. The third-order valence-electron chi connectivity index (χ3n) is 2.16. The molecule has 17 heavy (non-hydrogen) atoms. The van der Waals surface area contributed by atoms with E-state index in [9.17, 15) is 4.39 Å². The second-order valence-electron chi connectivity index (χ2n) is 4.27. The molecule has 0 aliphatic heterocycles. The fourth-order valence-corrected chi connectivity index (χ4v) is 1.42. The Kier molecular flexibility index (Phi) is 2.89. The first-order valence-electron chi connectivity index (χ1n) is 4.96. The predicted octanol–water partition coefficient (Wildman–Crippen LogP) is 2.72. The lowest BCUT2D eigenvalue weighted by Crippen LogP contribution is -2.30. The molecule has 2 aromatic rings. The molecule has 0 radical (unpaired) electrons. The standard InChI is InChI=1S/C11H11ClFN3O/c1-11(2,14)10-15-9(17-16-10)7-4-3-6(12)5-8(7)13/h3-5H,14H2,1-2H3. The van der Waals surface area contributed by atoms with E-state index in [0.29, 0.717) is 10.8 Å². The number of rotatable bonds is 2. The van der Waals surface area contributed by atoms with Crippen molar-refractivity contribution in [2.75, 3.05) is 0 Å². The lowest BCUT2D eigenvalue weighted by atomic mass is 10.1. The summed E-state index contributed by atoms with van der Waals surface area (Å²) in [7, 11) is 0. The van der Waals surface area contributed by atoms with Gasteiger partial charge < -0.3 is 10.3 Å². The molecule has 0 spiro atoms. The molecule has 0 amide bonds. The molecule has 0 saturated heterocycles. The molecule has 1 heterocycles. The zero-order chi connectivity index (χ0) is 12.6. The topological polar surface area (TPSA) is 64.9 Å². The summed E-state index contributed by atoms with van der Waals surface area (Å²) in [6.07, 6.45) is 0. The highest BCUT2D eigenvalue weighted by atomic mass is 35.5. The molecule has 1 aromatic carbocycles. The van der Waals surface area contributed by atoms with Gasteiger partial charge in [-0.15, -0.1) is 0 Å². The Morgan fingerprint density at radius 3 is 2.65 bits per heavy atom. The van der Waals surface area contributed by atoms with Crippen molar-refractivity contribution in [1.29, 1.82) is 0 Å². The molecule has 0 bridgehead atoms. The van der Waals surface area contributed by atoms with Crippen molar-refractivity contribution in [3.05, 3.63) is 34.9 Å². The Bertz CT molecular complexity index is 548. The van der Waals surface area contributed by atoms with Gasteiger partial charge in [0.15, 0.2) is 5.82 Å². The smallest absolute Gasteiger partial charge is 0.260 e. The third-order valence-corrected chi connectivity index (χ3v) is 2.40. The second kappa shape index (κ2) is 4.09. The van der Waals surface area contributed by atoms with E-state index in [1.807, 2.05) is 0 Å². The van der Waals surface area contributed by atoms with Gasteiger partial charge in [-0.25, -0.2) is 4.39 Å². The van der Waals surface area contributed by atoms with Crippen molar-refractivity contribution < 1.29 is 8.91 Å². The fraction of sp³-hybridized carbons (Fsp3) is 0.273. The van der Waals surface area contributed by atoms with Crippen molar-refractivity contribution in [3.63, 3.8) is 0 Å². The molecular formula is C11H11ClFN3O. The van der Waals surface area contributed by atoms with E-state index in [-0.39, 0.29) is 11.5 Å². The Morgan fingerprint density at radius 2 is 2.12 bits per heavy atom. The Labute approximate surface area is 103 Å². The van der Waals surface area contributed by atoms with Crippen molar-refractivity contribution in [2.24, 2.45) is 5.73 Å². The molecule has 0 saturated carbocycles. The molecule has 2 N–H and O–H groups in total. The van der Waals surface area contributed by atoms with Crippen LogP contribution in [0.3, 0.4) is 0 Å². The van der Waals surface area contributed by atoms with Gasteiger partial charge in [-0.05, 0) is 32.0 Å². The number of nitrogens with zero attached hydrogens (tertiary/aromatic N) is 2. The average molecular weight is 256 g/mol. The number of hydrogen-bond donors (Lipinski definition) is 1. The molecule has 4 nitrogen and oxygen atoms in total. The van der Waals surface area contributed by atoms with Crippen LogP contribution in [0.2, 0.25) is 5.02 Å². The normalized spacial score (nSPS) is 11.8. The van der Waals surface area contributed by atoms with E-state index in [2.05, 4.69) is 10.1 Å². The SMILES string of the molecule is CC(C)(N)c1noc(-c2ccc(Cl)cc2F)n1. The van der Waals surface area contributed by atoms with Crippen LogP contribution in [0.15, 0.2) is 22.7 Å². The maximum Gasteiger partial charge on any atom is 0.260 e. The highest BCUT2D eigenvalue weighted by Crippen LogP contribution is 2.25. The summed E-state index contributed by atoms with van der Waals surface area (Å²) >= 11 is 5.66. The first kappa shape index (κ1) is 12.0. The first-order valence-corrected chi connectivity index (χ1v) is 5.34. The maximum atomic E-state index is 13.6. The van der Waals surface area contributed by atoms with E-state index in [1.165, 1.54) is 12.1 Å². The third kappa shape index (κ3) is 2.45. The quantitative estimate of drug-likeness (QED) is 0.896. The van der Waals surface area contributed by atoms with Gasteiger partial charge in [-0.1, -0.05) is 16.8 Å². The van der Waals surface area contributed by atoms with Crippen LogP contribution in [0.1, 0.15) is 19.7 Å². The van der Waals surface area contributed by atoms with E-state index in [0.717, 1.165) is 0 Å². The zero-order valence-electron chi connectivity index (χ0n) is 9.37. The molecule has 90 valence electrons. The van der Waals surface area contributed by atoms with Crippen LogP contribution in [0.5, 0.6) is 0 Å². The summed E-state index contributed by atoms with van der Waals surface area (Å²) in [6.45, 7) is 3.47. The lowest BCUT2D eigenvalue weighted by molar-refractivity contribution is 0.396. The molecule has 6 heteroatoms. The van der Waals surface area contributed by atoms with Gasteiger partial charge >= 0.3 is 0 Å². The molecule has 0 aliphatic rings. The minimum atomic E-state index is -0.731. The van der Waals surface area contributed by atoms with Crippen LogP contribution < -0.4 is 5.73 Å². The van der Waals surface area contributed by atoms with E-state index >= 15 is 0 Å². The number of hydrogen-bond acceptors (Lipinski definition) is 4. The zero-order valence-corrected chi connectivity index (χ0v) is 10.1. The van der Waals surface area contributed by atoms with Gasteiger partial charge in [0.1, 0.15) is 5.82 Å². The fourth-order valence-electron chi connectivity index (χ4n) is 1.26. The second-order valence-corrected chi connectivity index (χ2v) is 4.71. The van der Waals surface area contributed by atoms with Gasteiger partial charge in [-0.2, -0.15) is 4.98 Å². The van der Waals surface area contributed by atoms with Gasteiger partial charge in [-0.3, -0.25) is 0 Å². The van der Waals surface area contributed by atoms with Crippen LogP contribution in [0.25, 0.3) is 11.5 Å². The van der Waals surface area contributed by atoms with Crippen LogP contribution in [0.4, 0.5) is 4.39 Å². The minimum Gasteiger partial charge on any atom is -0.334 e. The summed E-state index contributed by atoms with van der Waals surface area (Å²) in [5.74, 6) is -0.0999. The van der Waals surface area contributed by atoms with E-state index < -0.39 is 11.4 Å². The molecular weight excluding hydrogens is 245 g/mol. The maximum absolute atomic E-state index is 13.6. The first-order chi connectivity index (χ1) is 7.88. The molecule has 1 aromatic heterocycles. The molecule has 2 rings (SSSR count). The average Bonchev–Trinajstić information content (AvgIpc) is 2.65. The van der Waals surface area contributed by atoms with E-state index in [1.54, 1.807) is 19.9 Å². The lowest BCUT2D eigenvalue weighted by Gasteiger charge is -2.11. The molecule has 0 atom stereocenters. The van der Waals surface area contributed by atoms with Crippen molar-refractivity contribution in [1.82, 2.24) is 10.1 Å². The number of halogens is 2.